The summed E-state index contributed by atoms with van der Waals surface area (Å²) in [6, 6.07) is 12.5. The zero-order valence-corrected chi connectivity index (χ0v) is 22.1. The van der Waals surface area contributed by atoms with Crippen molar-refractivity contribution in [3.8, 4) is 0 Å². The third kappa shape index (κ3) is 5.11. The van der Waals surface area contributed by atoms with Crippen LogP contribution in [0.25, 0.3) is 20.2 Å². The van der Waals surface area contributed by atoms with E-state index < -0.39 is 28.9 Å². The van der Waals surface area contributed by atoms with E-state index in [0.29, 0.717) is 13.1 Å². The number of hydrogen-bond acceptors (Lipinski definition) is 5. The van der Waals surface area contributed by atoms with Gasteiger partial charge in [0.15, 0.2) is 0 Å². The molecule has 176 valence electrons. The van der Waals surface area contributed by atoms with E-state index in [9.17, 15) is 9.59 Å². The van der Waals surface area contributed by atoms with E-state index in [-0.39, 0.29) is 0 Å². The maximum absolute atomic E-state index is 12.7. The van der Waals surface area contributed by atoms with E-state index >= 15 is 0 Å². The van der Waals surface area contributed by atoms with Crippen molar-refractivity contribution in [2.75, 3.05) is 13.1 Å². The number of nitrogens with one attached hydrogen (secondary N) is 1. The number of alkyl carbamates (subject to hydrolysis) is 1. The van der Waals surface area contributed by atoms with Crippen molar-refractivity contribution in [3.63, 3.8) is 0 Å². The molecule has 1 aliphatic heterocycles. The fourth-order valence-corrected chi connectivity index (χ4v) is 5.37. The fraction of sp³-hybridized carbons (Fsp3) is 0.440. The van der Waals surface area contributed by atoms with Crippen molar-refractivity contribution in [1.29, 1.82) is 0 Å². The van der Waals surface area contributed by atoms with Crippen LogP contribution in [-0.2, 0) is 15.0 Å². The first-order valence-electron chi connectivity index (χ1n) is 10.9. The second kappa shape index (κ2) is 8.17. The van der Waals surface area contributed by atoms with Crippen LogP contribution >= 0.6 is 27.3 Å². The minimum absolute atomic E-state index is 0.304. The Balaban J connectivity index is 1.70. The average molecular weight is 533 g/mol. The summed E-state index contributed by atoms with van der Waals surface area (Å²) in [5, 5.41) is 5.33. The van der Waals surface area contributed by atoms with E-state index in [0.717, 1.165) is 20.8 Å². The van der Waals surface area contributed by atoms with Crippen LogP contribution < -0.4 is 5.32 Å². The molecule has 1 N–H and O–H groups in total. The zero-order chi connectivity index (χ0) is 24.2. The fourth-order valence-electron chi connectivity index (χ4n) is 3.94. The molecule has 8 heteroatoms. The molecule has 0 saturated carbocycles. The monoisotopic (exact) mass is 532 g/mol. The van der Waals surface area contributed by atoms with E-state index in [1.54, 1.807) is 16.2 Å². The summed E-state index contributed by atoms with van der Waals surface area (Å²) in [4.78, 5) is 27.0. The van der Waals surface area contributed by atoms with E-state index in [1.165, 1.54) is 9.40 Å². The quantitative estimate of drug-likeness (QED) is 0.394. The van der Waals surface area contributed by atoms with Crippen molar-refractivity contribution in [2.45, 2.75) is 58.3 Å². The molecule has 0 atom stereocenters. The minimum Gasteiger partial charge on any atom is -0.444 e. The Morgan fingerprint density at radius 1 is 0.939 bits per heavy atom. The minimum atomic E-state index is -0.756. The lowest BCUT2D eigenvalue weighted by molar-refractivity contribution is -0.0229. The molecule has 0 spiro atoms. The van der Waals surface area contributed by atoms with E-state index in [1.807, 2.05) is 53.7 Å². The second-order valence-corrected chi connectivity index (χ2v) is 12.5. The SMILES string of the molecule is CC(C)(C)OC(=O)NC1(c2ccc3sc4ccc(Br)cc4c3c2)CN(C(=O)OC(C)(C)C)C1. The molecule has 2 heterocycles. The molecule has 0 radical (unpaired) electrons. The summed E-state index contributed by atoms with van der Waals surface area (Å²) >= 11 is 5.30. The van der Waals surface area contributed by atoms with Crippen LogP contribution in [0, 0.1) is 0 Å². The van der Waals surface area contributed by atoms with Gasteiger partial charge in [-0.25, -0.2) is 9.59 Å². The van der Waals surface area contributed by atoms with Gasteiger partial charge in [0.2, 0.25) is 0 Å². The number of carbonyl (C=O) groups is 2. The van der Waals surface area contributed by atoms with Gasteiger partial charge in [-0.2, -0.15) is 0 Å². The van der Waals surface area contributed by atoms with Crippen LogP contribution in [0.4, 0.5) is 9.59 Å². The number of halogens is 1. The number of thiophene rings is 1. The summed E-state index contributed by atoms with van der Waals surface area (Å²) < 4.78 is 14.4. The zero-order valence-electron chi connectivity index (χ0n) is 19.7. The first-order valence-corrected chi connectivity index (χ1v) is 12.5. The molecular weight excluding hydrogens is 504 g/mol. The van der Waals surface area contributed by atoms with Crippen molar-refractivity contribution in [2.24, 2.45) is 0 Å². The Morgan fingerprint density at radius 3 is 2.12 bits per heavy atom. The molecule has 4 rings (SSSR count). The largest absolute Gasteiger partial charge is 0.444 e. The molecule has 0 unspecified atom stereocenters. The highest BCUT2D eigenvalue weighted by Crippen LogP contribution is 2.40. The molecule has 2 aromatic carbocycles. The lowest BCUT2D eigenvalue weighted by Gasteiger charge is -2.50. The number of ether oxygens (including phenoxy) is 2. The number of benzene rings is 2. The first-order chi connectivity index (χ1) is 15.2. The molecule has 2 amide bonds. The maximum Gasteiger partial charge on any atom is 0.410 e. The number of likely N-dealkylation sites (tertiary alicyclic amines) is 1. The molecule has 1 fully saturated rings. The number of carbonyl (C=O) groups excluding carboxylic acids is 2. The molecule has 1 saturated heterocycles. The smallest absolute Gasteiger partial charge is 0.410 e. The summed E-state index contributed by atoms with van der Waals surface area (Å²) in [7, 11) is 0. The predicted molar refractivity (Wildman–Crippen MR) is 136 cm³/mol. The molecule has 1 aliphatic rings. The van der Waals surface area contributed by atoms with Gasteiger partial charge in [0.25, 0.3) is 0 Å². The van der Waals surface area contributed by atoms with Crippen molar-refractivity contribution in [3.05, 3.63) is 46.4 Å². The van der Waals surface area contributed by atoms with Crippen LogP contribution in [-0.4, -0.2) is 41.4 Å². The molecule has 1 aromatic heterocycles. The first kappa shape index (κ1) is 23.8. The Kier molecular flexibility index (Phi) is 5.90. The number of amides is 2. The Bertz CT molecular complexity index is 1230. The van der Waals surface area contributed by atoms with Gasteiger partial charge < -0.3 is 19.7 Å². The van der Waals surface area contributed by atoms with Gasteiger partial charge in [0.1, 0.15) is 16.7 Å². The maximum atomic E-state index is 12.7. The third-order valence-electron chi connectivity index (χ3n) is 5.30. The van der Waals surface area contributed by atoms with Gasteiger partial charge in [-0.3, -0.25) is 0 Å². The normalized spacial score (nSPS) is 15.9. The summed E-state index contributed by atoms with van der Waals surface area (Å²) in [6.07, 6.45) is -0.903. The highest BCUT2D eigenvalue weighted by Gasteiger charge is 2.49. The molecule has 6 nitrogen and oxygen atoms in total. The lowest BCUT2D eigenvalue weighted by Crippen LogP contribution is -2.69. The standard InChI is InChI=1S/C25H29BrN2O4S/c1-23(2,3)31-21(29)27-25(13-28(14-25)22(30)32-24(4,5)6)15-7-9-19-17(11-15)18-12-16(26)8-10-20(18)33-19/h7-12H,13-14H2,1-6H3,(H,27,29). The van der Waals surface area contributed by atoms with Gasteiger partial charge in [-0.1, -0.05) is 22.0 Å². The topological polar surface area (TPSA) is 67.9 Å². The highest BCUT2D eigenvalue weighted by molar-refractivity contribution is 9.10. The molecule has 0 aliphatic carbocycles. The highest BCUT2D eigenvalue weighted by atomic mass is 79.9. The Hall–Kier alpha value is -2.32. The van der Waals surface area contributed by atoms with E-state index in [4.69, 9.17) is 9.47 Å². The lowest BCUT2D eigenvalue weighted by atomic mass is 9.82. The van der Waals surface area contributed by atoms with Gasteiger partial charge in [0, 0.05) is 24.6 Å². The summed E-state index contributed by atoms with van der Waals surface area (Å²) in [6.45, 7) is 11.6. The Labute approximate surface area is 206 Å². The molecule has 0 bridgehead atoms. The molecule has 3 aromatic rings. The summed E-state index contributed by atoms with van der Waals surface area (Å²) in [5.41, 5.74) is -1.04. The van der Waals surface area contributed by atoms with Gasteiger partial charge in [-0.05, 0) is 77.4 Å². The summed E-state index contributed by atoms with van der Waals surface area (Å²) in [5.74, 6) is 0. The van der Waals surface area contributed by atoms with Crippen molar-refractivity contribution in [1.82, 2.24) is 10.2 Å². The number of nitrogens with zero attached hydrogens (tertiary/aromatic N) is 1. The van der Waals surface area contributed by atoms with Crippen molar-refractivity contribution >= 4 is 59.6 Å². The van der Waals surface area contributed by atoms with Crippen LogP contribution in [0.1, 0.15) is 47.1 Å². The van der Waals surface area contributed by atoms with Gasteiger partial charge in [0.05, 0.1) is 13.1 Å². The molecule has 33 heavy (non-hydrogen) atoms. The number of hydrogen-bond donors (Lipinski definition) is 1. The van der Waals surface area contributed by atoms with Crippen LogP contribution in [0.3, 0.4) is 0 Å². The second-order valence-electron chi connectivity index (χ2n) is 10.5. The molecular formula is C25H29BrN2O4S. The predicted octanol–water partition coefficient (Wildman–Crippen LogP) is 6.79. The van der Waals surface area contributed by atoms with Gasteiger partial charge in [-0.15, -0.1) is 11.3 Å². The van der Waals surface area contributed by atoms with Crippen LogP contribution in [0.5, 0.6) is 0 Å². The Morgan fingerprint density at radius 2 is 1.52 bits per heavy atom. The van der Waals surface area contributed by atoms with Gasteiger partial charge >= 0.3 is 12.2 Å². The van der Waals surface area contributed by atoms with E-state index in [2.05, 4.69) is 45.5 Å². The number of rotatable bonds is 2. The van der Waals surface area contributed by atoms with Crippen molar-refractivity contribution < 1.29 is 19.1 Å². The average Bonchev–Trinajstić information content (AvgIpc) is 2.98. The number of fused-ring (bicyclic) bond motifs is 3. The van der Waals surface area contributed by atoms with Crippen LogP contribution in [0.2, 0.25) is 0 Å². The van der Waals surface area contributed by atoms with Crippen LogP contribution in [0.15, 0.2) is 40.9 Å². The third-order valence-corrected chi connectivity index (χ3v) is 6.94.